The molecule has 72 valence electrons. The lowest BCUT2D eigenvalue weighted by atomic mass is 10.1. The van der Waals surface area contributed by atoms with Crippen molar-refractivity contribution in [2.45, 2.75) is 13.8 Å². The van der Waals surface area contributed by atoms with Gasteiger partial charge in [-0.3, -0.25) is 4.98 Å². The molecule has 0 bridgehead atoms. The zero-order valence-corrected chi connectivity index (χ0v) is 8.76. The average molecular weight is 186 g/mol. The summed E-state index contributed by atoms with van der Waals surface area (Å²) in [7, 11) is 1.94. The van der Waals surface area contributed by atoms with Crippen LogP contribution in [0.15, 0.2) is 24.3 Å². The SMILES string of the molecule is CNc1cc(C)nc2c(C)cccc12. The molecule has 0 aliphatic heterocycles. The Balaban J connectivity index is 2.87. The molecule has 2 nitrogen and oxygen atoms in total. The lowest BCUT2D eigenvalue weighted by Gasteiger charge is -2.08. The minimum Gasteiger partial charge on any atom is -0.388 e. The molecule has 0 atom stereocenters. The van der Waals surface area contributed by atoms with Crippen LogP contribution in [0.1, 0.15) is 11.3 Å². The molecule has 0 spiro atoms. The minimum absolute atomic E-state index is 1.05. The fraction of sp³-hybridized carbons (Fsp3) is 0.250. The van der Waals surface area contributed by atoms with Gasteiger partial charge in [0.2, 0.25) is 0 Å². The molecule has 0 aliphatic rings. The summed E-state index contributed by atoms with van der Waals surface area (Å²) >= 11 is 0. The second-order valence-electron chi connectivity index (χ2n) is 3.53. The molecule has 1 heterocycles. The number of anilines is 1. The maximum Gasteiger partial charge on any atom is 0.0755 e. The van der Waals surface area contributed by atoms with Gasteiger partial charge in [0.1, 0.15) is 0 Å². The third-order valence-corrected chi connectivity index (χ3v) is 2.44. The van der Waals surface area contributed by atoms with Gasteiger partial charge in [-0.25, -0.2) is 0 Å². The van der Waals surface area contributed by atoms with E-state index in [0.29, 0.717) is 0 Å². The van der Waals surface area contributed by atoms with Gasteiger partial charge in [0, 0.05) is 23.8 Å². The average Bonchev–Trinajstić information content (AvgIpc) is 2.18. The van der Waals surface area contributed by atoms with Gasteiger partial charge in [0.25, 0.3) is 0 Å². The summed E-state index contributed by atoms with van der Waals surface area (Å²) in [4.78, 5) is 4.54. The fourth-order valence-corrected chi connectivity index (χ4v) is 1.73. The van der Waals surface area contributed by atoms with E-state index in [1.54, 1.807) is 0 Å². The van der Waals surface area contributed by atoms with Crippen molar-refractivity contribution in [2.24, 2.45) is 0 Å². The van der Waals surface area contributed by atoms with Crippen LogP contribution < -0.4 is 5.32 Å². The molecule has 0 unspecified atom stereocenters. The first kappa shape index (κ1) is 9.00. The van der Waals surface area contributed by atoms with Gasteiger partial charge in [-0.15, -0.1) is 0 Å². The van der Waals surface area contributed by atoms with E-state index in [4.69, 9.17) is 0 Å². The number of para-hydroxylation sites is 1. The summed E-state index contributed by atoms with van der Waals surface area (Å²) < 4.78 is 0. The van der Waals surface area contributed by atoms with Crippen LogP contribution in [0.25, 0.3) is 10.9 Å². The number of pyridine rings is 1. The number of rotatable bonds is 1. The molecule has 0 aliphatic carbocycles. The van der Waals surface area contributed by atoms with Crippen molar-refractivity contribution in [2.75, 3.05) is 12.4 Å². The van der Waals surface area contributed by atoms with Gasteiger partial charge in [-0.1, -0.05) is 18.2 Å². The van der Waals surface area contributed by atoms with Crippen LogP contribution in [0.3, 0.4) is 0 Å². The molecule has 2 aromatic rings. The van der Waals surface area contributed by atoms with E-state index in [2.05, 4.69) is 41.5 Å². The predicted molar refractivity (Wildman–Crippen MR) is 60.8 cm³/mol. The van der Waals surface area contributed by atoms with E-state index in [9.17, 15) is 0 Å². The van der Waals surface area contributed by atoms with E-state index < -0.39 is 0 Å². The second kappa shape index (κ2) is 3.29. The van der Waals surface area contributed by atoms with E-state index >= 15 is 0 Å². The monoisotopic (exact) mass is 186 g/mol. The molecule has 1 aromatic carbocycles. The van der Waals surface area contributed by atoms with E-state index in [-0.39, 0.29) is 0 Å². The Labute approximate surface area is 84.0 Å². The smallest absolute Gasteiger partial charge is 0.0755 e. The quantitative estimate of drug-likeness (QED) is 0.740. The lowest BCUT2D eigenvalue weighted by molar-refractivity contribution is 1.24. The van der Waals surface area contributed by atoms with Gasteiger partial charge in [-0.05, 0) is 25.5 Å². The van der Waals surface area contributed by atoms with Crippen LogP contribution in [0.5, 0.6) is 0 Å². The fourth-order valence-electron chi connectivity index (χ4n) is 1.73. The van der Waals surface area contributed by atoms with Gasteiger partial charge < -0.3 is 5.32 Å². The molecule has 0 saturated heterocycles. The van der Waals surface area contributed by atoms with E-state index in [0.717, 1.165) is 16.9 Å². The molecule has 0 amide bonds. The Morgan fingerprint density at radius 2 is 2.00 bits per heavy atom. The Morgan fingerprint density at radius 1 is 1.21 bits per heavy atom. The Bertz CT molecular complexity index is 475. The van der Waals surface area contributed by atoms with Crippen molar-refractivity contribution in [1.82, 2.24) is 4.98 Å². The summed E-state index contributed by atoms with van der Waals surface area (Å²) in [6, 6.07) is 8.33. The van der Waals surface area contributed by atoms with Crippen LogP contribution >= 0.6 is 0 Å². The van der Waals surface area contributed by atoms with Gasteiger partial charge in [0.15, 0.2) is 0 Å². The van der Waals surface area contributed by atoms with Crippen LogP contribution in [0.4, 0.5) is 5.69 Å². The van der Waals surface area contributed by atoms with Crippen molar-refractivity contribution >= 4 is 16.6 Å². The minimum atomic E-state index is 1.05. The number of hydrogen-bond donors (Lipinski definition) is 1. The maximum absolute atomic E-state index is 4.54. The van der Waals surface area contributed by atoms with Gasteiger partial charge in [-0.2, -0.15) is 0 Å². The van der Waals surface area contributed by atoms with Crippen molar-refractivity contribution in [3.8, 4) is 0 Å². The highest BCUT2D eigenvalue weighted by Gasteiger charge is 2.03. The van der Waals surface area contributed by atoms with Crippen molar-refractivity contribution in [3.05, 3.63) is 35.5 Å². The third-order valence-electron chi connectivity index (χ3n) is 2.44. The van der Waals surface area contributed by atoms with Crippen molar-refractivity contribution in [3.63, 3.8) is 0 Å². The summed E-state index contributed by atoms with van der Waals surface area (Å²) in [5.41, 5.74) is 4.52. The number of nitrogens with one attached hydrogen (secondary N) is 1. The summed E-state index contributed by atoms with van der Waals surface area (Å²) in [5.74, 6) is 0. The highest BCUT2D eigenvalue weighted by Crippen LogP contribution is 2.24. The zero-order chi connectivity index (χ0) is 10.1. The second-order valence-corrected chi connectivity index (χ2v) is 3.53. The van der Waals surface area contributed by atoms with Crippen LogP contribution in [0, 0.1) is 13.8 Å². The standard InChI is InChI=1S/C12H14N2/c1-8-5-4-6-10-11(13-3)7-9(2)14-12(8)10/h4-7H,1-3H3,(H,13,14). The number of hydrogen-bond acceptors (Lipinski definition) is 2. The first-order valence-corrected chi connectivity index (χ1v) is 4.77. The van der Waals surface area contributed by atoms with Gasteiger partial charge in [0.05, 0.1) is 5.52 Å². The highest BCUT2D eigenvalue weighted by molar-refractivity contribution is 5.93. The highest BCUT2D eigenvalue weighted by atomic mass is 14.8. The van der Waals surface area contributed by atoms with Gasteiger partial charge >= 0.3 is 0 Å². The predicted octanol–water partition coefficient (Wildman–Crippen LogP) is 2.89. The molecule has 14 heavy (non-hydrogen) atoms. The number of aryl methyl sites for hydroxylation is 2. The molecule has 0 saturated carbocycles. The van der Waals surface area contributed by atoms with Crippen LogP contribution in [-0.4, -0.2) is 12.0 Å². The largest absolute Gasteiger partial charge is 0.388 e. The summed E-state index contributed by atoms with van der Waals surface area (Å²) in [5, 5.41) is 4.39. The molecule has 0 radical (unpaired) electrons. The van der Waals surface area contributed by atoms with Crippen LogP contribution in [0.2, 0.25) is 0 Å². The number of benzene rings is 1. The molecular formula is C12H14N2. The Morgan fingerprint density at radius 3 is 2.71 bits per heavy atom. The molecule has 2 rings (SSSR count). The van der Waals surface area contributed by atoms with E-state index in [1.165, 1.54) is 10.9 Å². The number of fused-ring (bicyclic) bond motifs is 1. The molecule has 1 aromatic heterocycles. The number of nitrogens with zero attached hydrogens (tertiary/aromatic N) is 1. The first-order chi connectivity index (χ1) is 6.72. The Hall–Kier alpha value is -1.57. The normalized spacial score (nSPS) is 10.5. The number of aromatic nitrogens is 1. The maximum atomic E-state index is 4.54. The van der Waals surface area contributed by atoms with Crippen molar-refractivity contribution in [1.29, 1.82) is 0 Å². The molecule has 2 heteroatoms. The summed E-state index contributed by atoms with van der Waals surface area (Å²) in [6.07, 6.45) is 0. The topological polar surface area (TPSA) is 24.9 Å². The van der Waals surface area contributed by atoms with E-state index in [1.807, 2.05) is 14.0 Å². The molecule has 0 fully saturated rings. The first-order valence-electron chi connectivity index (χ1n) is 4.77. The zero-order valence-electron chi connectivity index (χ0n) is 8.76. The molecule has 1 N–H and O–H groups in total. The lowest BCUT2D eigenvalue weighted by Crippen LogP contribution is -1.94. The summed E-state index contributed by atoms with van der Waals surface area (Å²) in [6.45, 7) is 4.11. The Kier molecular flexibility index (Phi) is 2.12. The van der Waals surface area contributed by atoms with Crippen LogP contribution in [-0.2, 0) is 0 Å². The van der Waals surface area contributed by atoms with Crippen molar-refractivity contribution < 1.29 is 0 Å². The third kappa shape index (κ3) is 1.33. The molecular weight excluding hydrogens is 172 g/mol.